The van der Waals surface area contributed by atoms with Crippen molar-refractivity contribution in [2.75, 3.05) is 6.61 Å². The predicted molar refractivity (Wildman–Crippen MR) is 42.2 cm³/mol. The van der Waals surface area contributed by atoms with Gasteiger partial charge < -0.3 is 4.74 Å². The molecule has 0 aromatic rings. The van der Waals surface area contributed by atoms with Crippen molar-refractivity contribution in [3.63, 3.8) is 0 Å². The number of esters is 1. The highest BCUT2D eigenvalue weighted by Crippen LogP contribution is 2.20. The van der Waals surface area contributed by atoms with E-state index in [-0.39, 0.29) is 12.0 Å². The summed E-state index contributed by atoms with van der Waals surface area (Å²) in [7, 11) is 0. The second-order valence-corrected chi connectivity index (χ2v) is 3.17. The standard InChI is InChI=1S/C8H15NO2/c1-4-11-8(10)7-6(9-7)5(2)3/h5-7,9H,4H2,1-3H3/t6-,7+/m1/s1. The van der Waals surface area contributed by atoms with Crippen molar-refractivity contribution in [1.29, 1.82) is 0 Å². The molecular weight excluding hydrogens is 142 g/mol. The molecule has 1 fully saturated rings. The van der Waals surface area contributed by atoms with Crippen LogP contribution in [-0.4, -0.2) is 24.7 Å². The molecule has 1 N–H and O–H groups in total. The van der Waals surface area contributed by atoms with Crippen LogP contribution in [0.5, 0.6) is 0 Å². The maximum absolute atomic E-state index is 11.0. The zero-order valence-electron chi connectivity index (χ0n) is 7.26. The molecule has 1 heterocycles. The molecule has 64 valence electrons. The molecule has 1 aliphatic heterocycles. The molecule has 0 aromatic carbocycles. The van der Waals surface area contributed by atoms with E-state index in [2.05, 4.69) is 19.2 Å². The molecule has 0 bridgehead atoms. The Balaban J connectivity index is 2.26. The molecular formula is C8H15NO2. The Kier molecular flexibility index (Phi) is 2.49. The number of carbonyl (C=O) groups excluding carboxylic acids is 1. The first-order chi connectivity index (χ1) is 5.16. The van der Waals surface area contributed by atoms with Crippen molar-refractivity contribution in [2.45, 2.75) is 32.9 Å². The lowest BCUT2D eigenvalue weighted by Gasteiger charge is -2.00. The van der Waals surface area contributed by atoms with Gasteiger partial charge in [0.25, 0.3) is 0 Å². The highest BCUT2D eigenvalue weighted by atomic mass is 16.5. The van der Waals surface area contributed by atoms with Crippen molar-refractivity contribution in [3.05, 3.63) is 0 Å². The van der Waals surface area contributed by atoms with Gasteiger partial charge >= 0.3 is 5.97 Å². The summed E-state index contributed by atoms with van der Waals surface area (Å²) in [6.07, 6.45) is 0. The van der Waals surface area contributed by atoms with Gasteiger partial charge in [0.05, 0.1) is 6.61 Å². The van der Waals surface area contributed by atoms with Crippen LogP contribution in [0.1, 0.15) is 20.8 Å². The number of hydrogen-bond acceptors (Lipinski definition) is 3. The molecule has 0 radical (unpaired) electrons. The first kappa shape index (κ1) is 8.53. The molecule has 11 heavy (non-hydrogen) atoms. The van der Waals surface area contributed by atoms with Crippen LogP contribution in [0.3, 0.4) is 0 Å². The number of ether oxygens (including phenoxy) is 1. The van der Waals surface area contributed by atoms with E-state index in [1.54, 1.807) is 0 Å². The largest absolute Gasteiger partial charge is 0.465 e. The van der Waals surface area contributed by atoms with Crippen molar-refractivity contribution in [2.24, 2.45) is 5.92 Å². The van der Waals surface area contributed by atoms with Crippen LogP contribution < -0.4 is 5.32 Å². The van der Waals surface area contributed by atoms with Crippen molar-refractivity contribution >= 4 is 5.97 Å². The SMILES string of the molecule is CCOC(=O)[C@H]1N[C@@H]1C(C)C. The lowest BCUT2D eigenvalue weighted by Crippen LogP contribution is -2.16. The van der Waals surface area contributed by atoms with Gasteiger partial charge in [-0.1, -0.05) is 13.8 Å². The van der Waals surface area contributed by atoms with E-state index in [0.29, 0.717) is 18.6 Å². The van der Waals surface area contributed by atoms with Crippen LogP contribution in [0.4, 0.5) is 0 Å². The topological polar surface area (TPSA) is 48.2 Å². The molecule has 1 rings (SSSR count). The Morgan fingerprint density at radius 1 is 1.64 bits per heavy atom. The van der Waals surface area contributed by atoms with Crippen LogP contribution in [0.15, 0.2) is 0 Å². The van der Waals surface area contributed by atoms with E-state index in [1.807, 2.05) is 6.92 Å². The van der Waals surface area contributed by atoms with Gasteiger partial charge in [-0.2, -0.15) is 0 Å². The monoisotopic (exact) mass is 157 g/mol. The molecule has 0 unspecified atom stereocenters. The number of rotatable bonds is 3. The molecule has 3 heteroatoms. The smallest absolute Gasteiger partial charge is 0.324 e. The van der Waals surface area contributed by atoms with Crippen LogP contribution in [0.25, 0.3) is 0 Å². The van der Waals surface area contributed by atoms with Crippen LogP contribution in [0.2, 0.25) is 0 Å². The lowest BCUT2D eigenvalue weighted by molar-refractivity contribution is -0.142. The molecule has 0 amide bonds. The normalized spacial score (nSPS) is 28.7. The van der Waals surface area contributed by atoms with E-state index in [1.165, 1.54) is 0 Å². The van der Waals surface area contributed by atoms with Gasteiger partial charge in [-0.25, -0.2) is 0 Å². The minimum absolute atomic E-state index is 0.0325. The van der Waals surface area contributed by atoms with E-state index in [4.69, 9.17) is 4.74 Å². The first-order valence-electron chi connectivity index (χ1n) is 4.09. The van der Waals surface area contributed by atoms with Gasteiger partial charge in [0, 0.05) is 6.04 Å². The van der Waals surface area contributed by atoms with Crippen molar-refractivity contribution in [3.8, 4) is 0 Å². The second-order valence-electron chi connectivity index (χ2n) is 3.17. The van der Waals surface area contributed by atoms with E-state index >= 15 is 0 Å². The Hall–Kier alpha value is -0.570. The summed E-state index contributed by atoms with van der Waals surface area (Å²) in [5.41, 5.74) is 0. The summed E-state index contributed by atoms with van der Waals surface area (Å²) in [4.78, 5) is 11.0. The fraction of sp³-hybridized carbons (Fsp3) is 0.875. The highest BCUT2D eigenvalue weighted by Gasteiger charge is 2.44. The maximum Gasteiger partial charge on any atom is 0.324 e. The molecule has 0 saturated carbocycles. The molecule has 3 nitrogen and oxygen atoms in total. The van der Waals surface area contributed by atoms with Gasteiger partial charge in [-0.15, -0.1) is 0 Å². The zero-order chi connectivity index (χ0) is 8.43. The second kappa shape index (κ2) is 3.22. The molecule has 0 aliphatic carbocycles. The quantitative estimate of drug-likeness (QED) is 0.480. The number of carbonyl (C=O) groups is 1. The Morgan fingerprint density at radius 2 is 2.27 bits per heavy atom. The van der Waals surface area contributed by atoms with E-state index in [9.17, 15) is 4.79 Å². The minimum Gasteiger partial charge on any atom is -0.465 e. The third-order valence-corrected chi connectivity index (χ3v) is 1.88. The van der Waals surface area contributed by atoms with Gasteiger partial charge in [0.15, 0.2) is 0 Å². The summed E-state index contributed by atoms with van der Waals surface area (Å²) in [5, 5.41) is 3.08. The summed E-state index contributed by atoms with van der Waals surface area (Å²) >= 11 is 0. The van der Waals surface area contributed by atoms with Crippen molar-refractivity contribution < 1.29 is 9.53 Å². The average Bonchev–Trinajstić information content (AvgIpc) is 2.65. The summed E-state index contributed by atoms with van der Waals surface area (Å²) < 4.78 is 4.84. The molecule has 2 atom stereocenters. The molecule has 1 saturated heterocycles. The van der Waals surface area contributed by atoms with Gasteiger partial charge in [0.2, 0.25) is 0 Å². The lowest BCUT2D eigenvalue weighted by atomic mass is 10.1. The summed E-state index contributed by atoms with van der Waals surface area (Å²) in [5.74, 6) is 0.413. The van der Waals surface area contributed by atoms with E-state index < -0.39 is 0 Å². The third kappa shape index (κ3) is 1.93. The average molecular weight is 157 g/mol. The highest BCUT2D eigenvalue weighted by molar-refractivity contribution is 5.80. The van der Waals surface area contributed by atoms with Crippen molar-refractivity contribution in [1.82, 2.24) is 5.32 Å². The Morgan fingerprint density at radius 3 is 2.64 bits per heavy atom. The minimum atomic E-state index is -0.105. The van der Waals surface area contributed by atoms with E-state index in [0.717, 1.165) is 0 Å². The number of hydrogen-bond donors (Lipinski definition) is 1. The predicted octanol–water partition coefficient (Wildman–Crippen LogP) is 0.546. The van der Waals surface area contributed by atoms with Gasteiger partial charge in [0.1, 0.15) is 6.04 Å². The number of nitrogens with one attached hydrogen (secondary N) is 1. The fourth-order valence-electron chi connectivity index (χ4n) is 1.18. The third-order valence-electron chi connectivity index (χ3n) is 1.88. The van der Waals surface area contributed by atoms with Gasteiger partial charge in [-0.05, 0) is 12.8 Å². The van der Waals surface area contributed by atoms with Crippen LogP contribution in [0, 0.1) is 5.92 Å². The molecule has 0 aromatic heterocycles. The molecule has 0 spiro atoms. The van der Waals surface area contributed by atoms with Crippen LogP contribution >= 0.6 is 0 Å². The maximum atomic E-state index is 11.0. The summed E-state index contributed by atoms with van der Waals surface area (Å²) in [6, 6.07) is 0.309. The fourth-order valence-corrected chi connectivity index (χ4v) is 1.18. The Labute approximate surface area is 67.1 Å². The van der Waals surface area contributed by atoms with Gasteiger partial charge in [-0.3, -0.25) is 10.1 Å². The zero-order valence-corrected chi connectivity index (χ0v) is 7.26. The van der Waals surface area contributed by atoms with Crippen LogP contribution in [-0.2, 0) is 9.53 Å². The first-order valence-corrected chi connectivity index (χ1v) is 4.09. The summed E-state index contributed by atoms with van der Waals surface area (Å²) in [6.45, 7) is 6.49. The Bertz CT molecular complexity index is 156. The molecule has 1 aliphatic rings.